The van der Waals surface area contributed by atoms with Crippen molar-refractivity contribution in [3.63, 3.8) is 0 Å². The fourth-order valence-electron chi connectivity index (χ4n) is 3.63. The van der Waals surface area contributed by atoms with Crippen LogP contribution in [0, 0.1) is 11.3 Å². The van der Waals surface area contributed by atoms with Gasteiger partial charge in [0.15, 0.2) is 0 Å². The summed E-state index contributed by atoms with van der Waals surface area (Å²) in [5, 5.41) is 9.28. The summed E-state index contributed by atoms with van der Waals surface area (Å²) in [5.74, 6) is -0.906. The second-order valence-electron chi connectivity index (χ2n) is 7.61. The van der Waals surface area contributed by atoms with E-state index < -0.39 is 29.1 Å². The summed E-state index contributed by atoms with van der Waals surface area (Å²) in [4.78, 5) is 28.8. The predicted octanol–water partition coefficient (Wildman–Crippen LogP) is 3.85. The molecule has 1 fully saturated rings. The number of nitriles is 1. The van der Waals surface area contributed by atoms with Gasteiger partial charge in [0.2, 0.25) is 0 Å². The Kier molecular flexibility index (Phi) is 5.64. The molecule has 1 heterocycles. The molecule has 1 unspecified atom stereocenters. The van der Waals surface area contributed by atoms with Crippen molar-refractivity contribution < 1.29 is 22.8 Å². The van der Waals surface area contributed by atoms with E-state index >= 15 is 0 Å². The number of hydrogen-bond acceptors (Lipinski definition) is 3. The van der Waals surface area contributed by atoms with Crippen molar-refractivity contribution >= 4 is 17.9 Å². The molecule has 2 aromatic carbocycles. The number of benzene rings is 2. The Morgan fingerprint density at radius 3 is 2.42 bits per heavy atom. The minimum Gasteiger partial charge on any atom is -0.326 e. The van der Waals surface area contributed by atoms with Crippen molar-refractivity contribution in [1.82, 2.24) is 9.80 Å². The van der Waals surface area contributed by atoms with Crippen LogP contribution in [0.2, 0.25) is 0 Å². The van der Waals surface area contributed by atoms with Gasteiger partial charge in [-0.1, -0.05) is 36.4 Å². The maximum Gasteiger partial charge on any atom is 0.416 e. The van der Waals surface area contributed by atoms with Crippen LogP contribution < -0.4 is 0 Å². The highest BCUT2D eigenvalue weighted by Gasteiger charge is 2.48. The molecule has 0 saturated carbocycles. The van der Waals surface area contributed by atoms with E-state index in [1.807, 2.05) is 6.07 Å². The van der Waals surface area contributed by atoms with Crippen molar-refractivity contribution in [2.24, 2.45) is 0 Å². The molecule has 1 aliphatic rings. The van der Waals surface area contributed by atoms with Gasteiger partial charge in [0, 0.05) is 20.5 Å². The Hall–Kier alpha value is -3.60. The molecule has 1 saturated heterocycles. The molecule has 5 nitrogen and oxygen atoms in total. The summed E-state index contributed by atoms with van der Waals surface area (Å²) in [5.41, 5.74) is -0.973. The fourth-order valence-corrected chi connectivity index (χ4v) is 3.63. The largest absolute Gasteiger partial charge is 0.416 e. The van der Waals surface area contributed by atoms with Crippen LogP contribution in [0.25, 0.3) is 6.08 Å². The first kappa shape index (κ1) is 22.1. The van der Waals surface area contributed by atoms with E-state index in [2.05, 4.69) is 0 Å². The standard InChI is InChI=1S/C23H20F3N3O2/c1-22(13-15-7-6-10-18(11-15)23(24,25)26)21(31)28(2)19(20(30)29(22)3)12-16-8-4-5-9-17(16)14-27/h4-12H,13H2,1-3H3/b19-12-. The van der Waals surface area contributed by atoms with E-state index in [0.29, 0.717) is 16.7 Å². The number of hydrogen-bond donors (Lipinski definition) is 0. The van der Waals surface area contributed by atoms with Crippen LogP contribution in [0.3, 0.4) is 0 Å². The summed E-state index contributed by atoms with van der Waals surface area (Å²) >= 11 is 0. The maximum atomic E-state index is 13.2. The summed E-state index contributed by atoms with van der Waals surface area (Å²) in [6, 6.07) is 13.4. The van der Waals surface area contributed by atoms with Gasteiger partial charge in [-0.3, -0.25) is 9.59 Å². The zero-order valence-corrected chi connectivity index (χ0v) is 17.2. The normalized spacial score (nSPS) is 20.9. The molecule has 2 aromatic rings. The number of likely N-dealkylation sites (N-methyl/N-ethyl adjacent to an activating group) is 2. The maximum absolute atomic E-state index is 13.2. The number of nitrogens with zero attached hydrogens (tertiary/aromatic N) is 3. The first-order chi connectivity index (χ1) is 14.5. The van der Waals surface area contributed by atoms with Crippen LogP contribution >= 0.6 is 0 Å². The van der Waals surface area contributed by atoms with E-state index in [4.69, 9.17) is 0 Å². The van der Waals surface area contributed by atoms with E-state index in [1.54, 1.807) is 24.3 Å². The topological polar surface area (TPSA) is 64.4 Å². The number of piperazine rings is 1. The first-order valence-electron chi connectivity index (χ1n) is 9.42. The third kappa shape index (κ3) is 4.04. The minimum atomic E-state index is -4.50. The van der Waals surface area contributed by atoms with E-state index in [0.717, 1.165) is 12.1 Å². The van der Waals surface area contributed by atoms with E-state index in [-0.39, 0.29) is 12.1 Å². The molecule has 3 rings (SSSR count). The highest BCUT2D eigenvalue weighted by Crippen LogP contribution is 2.34. The molecular formula is C23H20F3N3O2. The van der Waals surface area contributed by atoms with Gasteiger partial charge >= 0.3 is 6.18 Å². The highest BCUT2D eigenvalue weighted by atomic mass is 19.4. The zero-order valence-electron chi connectivity index (χ0n) is 17.2. The smallest absolute Gasteiger partial charge is 0.326 e. The minimum absolute atomic E-state index is 0.0790. The number of alkyl halides is 3. The summed E-state index contributed by atoms with van der Waals surface area (Å²) in [6.45, 7) is 1.53. The third-order valence-corrected chi connectivity index (χ3v) is 5.57. The Balaban J connectivity index is 1.98. The predicted molar refractivity (Wildman–Crippen MR) is 108 cm³/mol. The molecule has 0 bridgehead atoms. The lowest BCUT2D eigenvalue weighted by Gasteiger charge is -2.45. The van der Waals surface area contributed by atoms with Crippen molar-refractivity contribution in [3.8, 4) is 6.07 Å². The van der Waals surface area contributed by atoms with Gasteiger partial charge in [-0.25, -0.2) is 0 Å². The van der Waals surface area contributed by atoms with Crippen molar-refractivity contribution in [2.45, 2.75) is 25.1 Å². The van der Waals surface area contributed by atoms with Crippen LogP contribution in [0.5, 0.6) is 0 Å². The van der Waals surface area contributed by atoms with Gasteiger partial charge < -0.3 is 9.80 Å². The Morgan fingerprint density at radius 2 is 1.77 bits per heavy atom. The van der Waals surface area contributed by atoms with E-state index in [1.165, 1.54) is 49.0 Å². The number of carbonyl (C=O) groups excluding carboxylic acids is 2. The third-order valence-electron chi connectivity index (χ3n) is 5.57. The van der Waals surface area contributed by atoms with Gasteiger partial charge in [-0.2, -0.15) is 18.4 Å². The lowest BCUT2D eigenvalue weighted by Crippen LogP contribution is -2.64. The Labute approximate surface area is 178 Å². The summed E-state index contributed by atoms with van der Waals surface area (Å²) in [7, 11) is 2.89. The van der Waals surface area contributed by atoms with Crippen LogP contribution in [0.1, 0.15) is 29.2 Å². The summed E-state index contributed by atoms with van der Waals surface area (Å²) in [6.07, 6.45) is -3.11. The number of halogens is 3. The lowest BCUT2D eigenvalue weighted by atomic mass is 9.86. The van der Waals surface area contributed by atoms with Crippen molar-refractivity contribution in [1.29, 1.82) is 5.26 Å². The second-order valence-corrected chi connectivity index (χ2v) is 7.61. The van der Waals surface area contributed by atoms with Crippen molar-refractivity contribution in [2.75, 3.05) is 14.1 Å². The van der Waals surface area contributed by atoms with Crippen LogP contribution in [0.15, 0.2) is 54.2 Å². The molecule has 0 N–H and O–H groups in total. The highest BCUT2D eigenvalue weighted by molar-refractivity contribution is 6.08. The van der Waals surface area contributed by atoms with Crippen molar-refractivity contribution in [3.05, 3.63) is 76.5 Å². The zero-order chi connectivity index (χ0) is 23.0. The monoisotopic (exact) mass is 427 g/mol. The quantitative estimate of drug-likeness (QED) is 0.699. The summed E-state index contributed by atoms with van der Waals surface area (Å²) < 4.78 is 39.2. The van der Waals surface area contributed by atoms with Gasteiger partial charge in [-0.15, -0.1) is 0 Å². The average molecular weight is 427 g/mol. The molecule has 1 atom stereocenters. The lowest BCUT2D eigenvalue weighted by molar-refractivity contribution is -0.155. The molecule has 0 spiro atoms. The van der Waals surface area contributed by atoms with Crippen LogP contribution in [-0.4, -0.2) is 41.2 Å². The van der Waals surface area contributed by atoms with E-state index in [9.17, 15) is 28.0 Å². The molecule has 1 aliphatic heterocycles. The SMILES string of the molecule is CN1C(=O)C(C)(Cc2cccc(C(F)(F)F)c2)N(C)C(=O)/C1=C/c1ccccc1C#N. The molecule has 160 valence electrons. The van der Waals surface area contributed by atoms with Gasteiger partial charge in [0.1, 0.15) is 11.2 Å². The fraction of sp³-hybridized carbons (Fsp3) is 0.261. The molecule has 0 radical (unpaired) electrons. The van der Waals surface area contributed by atoms with Gasteiger partial charge in [-0.05, 0) is 36.3 Å². The molecule has 0 aromatic heterocycles. The number of amides is 2. The molecule has 0 aliphatic carbocycles. The van der Waals surface area contributed by atoms with Gasteiger partial charge in [0.05, 0.1) is 17.2 Å². The molecule has 2 amide bonds. The number of rotatable bonds is 3. The Morgan fingerprint density at radius 1 is 1.10 bits per heavy atom. The average Bonchev–Trinajstić information content (AvgIpc) is 2.74. The van der Waals surface area contributed by atoms with Crippen LogP contribution in [-0.2, 0) is 22.2 Å². The van der Waals surface area contributed by atoms with Crippen LogP contribution in [0.4, 0.5) is 13.2 Å². The number of carbonyl (C=O) groups is 2. The second kappa shape index (κ2) is 7.91. The molecular weight excluding hydrogens is 407 g/mol. The molecule has 31 heavy (non-hydrogen) atoms. The van der Waals surface area contributed by atoms with Gasteiger partial charge in [0.25, 0.3) is 11.8 Å². The molecule has 8 heteroatoms. The first-order valence-corrected chi connectivity index (χ1v) is 9.42. The Bertz CT molecular complexity index is 1120.